The number of nitrogens with two attached hydrogens (primary N) is 1. The molecule has 3 N–H and O–H groups in total. The zero-order chi connectivity index (χ0) is 40.0. The van der Waals surface area contributed by atoms with E-state index in [2.05, 4.69) is 10.1 Å². The molecular formula is C34H40Cl2F4N6O7S. The Morgan fingerprint density at radius 1 is 1.04 bits per heavy atom. The summed E-state index contributed by atoms with van der Waals surface area (Å²) in [4.78, 5) is 58.5. The number of fused-ring (bicyclic) bond motifs is 1. The highest BCUT2D eigenvalue weighted by Gasteiger charge is 2.55. The summed E-state index contributed by atoms with van der Waals surface area (Å²) in [5.74, 6) is -5.91. The molecule has 5 rings (SSSR count). The molecule has 3 aliphatic rings. The molecule has 3 aliphatic heterocycles. The van der Waals surface area contributed by atoms with E-state index >= 15 is 4.39 Å². The van der Waals surface area contributed by atoms with E-state index in [9.17, 15) is 40.8 Å². The summed E-state index contributed by atoms with van der Waals surface area (Å²) in [7, 11) is -5.03. The second-order valence-corrected chi connectivity index (χ2v) is 16.7. The number of benzene rings is 2. The van der Waals surface area contributed by atoms with Crippen molar-refractivity contribution in [3.8, 4) is 5.75 Å². The van der Waals surface area contributed by atoms with Gasteiger partial charge in [-0.3, -0.25) is 19.2 Å². The van der Waals surface area contributed by atoms with Crippen LogP contribution in [0, 0.1) is 11.7 Å². The van der Waals surface area contributed by atoms with E-state index in [4.69, 9.17) is 28.9 Å². The average Bonchev–Trinajstić information content (AvgIpc) is 3.58. The molecule has 20 heteroatoms. The molecule has 4 amide bonds. The zero-order valence-electron chi connectivity index (χ0n) is 29.6. The molecule has 5 atom stereocenters. The first-order chi connectivity index (χ1) is 25.1. The Bertz CT molecular complexity index is 1900. The molecule has 3 heterocycles. The summed E-state index contributed by atoms with van der Waals surface area (Å²) in [5, 5.41) is 2.16. The number of hydrogen-bond acceptors (Lipinski definition) is 8. The number of rotatable bonds is 10. The molecule has 54 heavy (non-hydrogen) atoms. The van der Waals surface area contributed by atoms with Crippen LogP contribution in [0.15, 0.2) is 41.3 Å². The molecular weight excluding hydrogens is 783 g/mol. The Labute approximate surface area is 319 Å². The highest BCUT2D eigenvalue weighted by Crippen LogP contribution is 2.38. The van der Waals surface area contributed by atoms with E-state index in [1.165, 1.54) is 9.80 Å². The number of carbonyl (C=O) groups is 4. The number of alkyl halides is 3. The van der Waals surface area contributed by atoms with Gasteiger partial charge in [-0.15, -0.1) is 13.2 Å². The van der Waals surface area contributed by atoms with Gasteiger partial charge >= 0.3 is 6.36 Å². The minimum absolute atomic E-state index is 0.104. The number of nitrogens with one attached hydrogen (secondary N) is 1. The smallest absolute Gasteiger partial charge is 0.403 e. The predicted molar refractivity (Wildman–Crippen MR) is 188 cm³/mol. The van der Waals surface area contributed by atoms with Crippen molar-refractivity contribution in [3.05, 3.63) is 57.8 Å². The van der Waals surface area contributed by atoms with Gasteiger partial charge in [-0.2, -0.15) is 4.31 Å². The van der Waals surface area contributed by atoms with Gasteiger partial charge in [0.15, 0.2) is 11.6 Å². The number of amides is 4. The van der Waals surface area contributed by atoms with Gasteiger partial charge in [0.05, 0.1) is 17.6 Å². The second kappa shape index (κ2) is 15.8. The predicted octanol–water partition coefficient (Wildman–Crippen LogP) is 3.51. The summed E-state index contributed by atoms with van der Waals surface area (Å²) < 4.78 is 87.4. The van der Waals surface area contributed by atoms with Crippen LogP contribution in [-0.4, -0.2) is 113 Å². The molecule has 0 aliphatic carbocycles. The standard InChI is InChI=1S/C34H40Cl2F4N6O7S/c1-17(2)29(41)33(50)43-11-5-6-24(43)30(47)42-23-15-45(54(51,52)27-14-22(37)26(13-21(27)36)53-34(38,39)40)28-16-44(18(3)4)32(49)25(46(28)31(23)48)12-19-7-9-20(35)10-8-19/h7-10,13-14,17-18,23-25,28-29H,5-6,11-12,15-16,41H2,1-4H3,(H,42,47). The van der Waals surface area contributed by atoms with Crippen LogP contribution in [0.25, 0.3) is 0 Å². The number of nitrogens with zero attached hydrogens (tertiary/aromatic N) is 4. The normalized spacial score (nSPS) is 23.2. The first kappa shape index (κ1) is 41.5. The van der Waals surface area contributed by atoms with Crippen molar-refractivity contribution in [1.82, 2.24) is 24.3 Å². The van der Waals surface area contributed by atoms with Crippen molar-refractivity contribution in [3.63, 3.8) is 0 Å². The van der Waals surface area contributed by atoms with Crippen LogP contribution >= 0.6 is 23.2 Å². The Morgan fingerprint density at radius 2 is 1.69 bits per heavy atom. The van der Waals surface area contributed by atoms with Crippen molar-refractivity contribution in [1.29, 1.82) is 0 Å². The maximum absolute atomic E-state index is 15.0. The molecule has 0 radical (unpaired) electrons. The van der Waals surface area contributed by atoms with E-state index in [0.29, 0.717) is 23.1 Å². The number of carbonyl (C=O) groups excluding carboxylic acids is 4. The number of halogens is 6. The van der Waals surface area contributed by atoms with E-state index in [0.717, 1.165) is 9.21 Å². The first-order valence-electron chi connectivity index (χ1n) is 17.1. The van der Waals surface area contributed by atoms with Gasteiger partial charge in [0.2, 0.25) is 33.7 Å². The molecule has 0 saturated carbocycles. The van der Waals surface area contributed by atoms with E-state index in [1.807, 2.05) is 0 Å². The number of piperazine rings is 1. The lowest BCUT2D eigenvalue weighted by atomic mass is 9.96. The van der Waals surface area contributed by atoms with E-state index in [1.54, 1.807) is 52.0 Å². The average molecular weight is 824 g/mol. The number of hydrogen-bond donors (Lipinski definition) is 2. The summed E-state index contributed by atoms with van der Waals surface area (Å²) >= 11 is 12.3. The van der Waals surface area contributed by atoms with Crippen molar-refractivity contribution < 1.29 is 49.9 Å². The molecule has 0 spiro atoms. The Balaban J connectivity index is 1.59. The van der Waals surface area contributed by atoms with Crippen LogP contribution in [-0.2, 0) is 35.6 Å². The lowest BCUT2D eigenvalue weighted by molar-refractivity contribution is -0.275. The third-order valence-electron chi connectivity index (χ3n) is 9.76. The fourth-order valence-corrected chi connectivity index (χ4v) is 9.12. The zero-order valence-corrected chi connectivity index (χ0v) is 32.0. The summed E-state index contributed by atoms with van der Waals surface area (Å²) in [6.45, 7) is 5.98. The van der Waals surface area contributed by atoms with E-state index in [-0.39, 0.29) is 37.9 Å². The maximum atomic E-state index is 15.0. The van der Waals surface area contributed by atoms with Gasteiger partial charge < -0.3 is 30.5 Å². The van der Waals surface area contributed by atoms with Crippen LogP contribution in [0.4, 0.5) is 17.6 Å². The van der Waals surface area contributed by atoms with Gasteiger partial charge in [0, 0.05) is 36.6 Å². The van der Waals surface area contributed by atoms with Crippen LogP contribution in [0.3, 0.4) is 0 Å². The van der Waals surface area contributed by atoms with Gasteiger partial charge in [0.25, 0.3) is 0 Å². The Hall–Kier alpha value is -3.71. The summed E-state index contributed by atoms with van der Waals surface area (Å²) in [5.41, 5.74) is 6.65. The topological polar surface area (TPSA) is 163 Å². The SMILES string of the molecule is CC(C)C(N)C(=O)N1CCCC1C(=O)NC1CN(S(=O)(=O)c2cc(F)c(OC(F)(F)F)cc2Cl)C2CN(C(C)C)C(=O)C(Cc3ccc(Cl)cc3)N2C1=O. The van der Waals surface area contributed by atoms with E-state index < -0.39 is 104 Å². The van der Waals surface area contributed by atoms with Crippen molar-refractivity contribution >= 4 is 56.9 Å². The summed E-state index contributed by atoms with van der Waals surface area (Å²) in [6.07, 6.45) is -6.20. The minimum atomic E-state index is -5.32. The monoisotopic (exact) mass is 822 g/mol. The highest BCUT2D eigenvalue weighted by atomic mass is 35.5. The Morgan fingerprint density at radius 3 is 2.28 bits per heavy atom. The largest absolute Gasteiger partial charge is 0.573 e. The fraction of sp³-hybridized carbons (Fsp3) is 0.529. The molecule has 13 nitrogen and oxygen atoms in total. The van der Waals surface area contributed by atoms with Gasteiger partial charge in [-0.05, 0) is 56.4 Å². The molecule has 0 bridgehead atoms. The molecule has 296 valence electrons. The van der Waals surface area contributed by atoms with Crippen LogP contribution in [0.2, 0.25) is 10.0 Å². The number of sulfonamides is 1. The van der Waals surface area contributed by atoms with Crippen molar-refractivity contribution in [2.45, 2.75) is 94.6 Å². The highest BCUT2D eigenvalue weighted by molar-refractivity contribution is 7.89. The molecule has 3 saturated heterocycles. The van der Waals surface area contributed by atoms with Crippen LogP contribution in [0.5, 0.6) is 5.75 Å². The molecule has 5 unspecified atom stereocenters. The molecule has 3 fully saturated rings. The third kappa shape index (κ3) is 8.41. The lowest BCUT2D eigenvalue weighted by Gasteiger charge is -2.54. The fourth-order valence-electron chi connectivity index (χ4n) is 6.91. The van der Waals surface area contributed by atoms with Crippen LogP contribution in [0.1, 0.15) is 46.1 Å². The number of ether oxygens (including phenoxy) is 1. The third-order valence-corrected chi connectivity index (χ3v) is 12.3. The van der Waals surface area contributed by atoms with Crippen molar-refractivity contribution in [2.75, 3.05) is 19.6 Å². The first-order valence-corrected chi connectivity index (χ1v) is 19.3. The van der Waals surface area contributed by atoms with Gasteiger partial charge in [0.1, 0.15) is 29.2 Å². The summed E-state index contributed by atoms with van der Waals surface area (Å²) in [6, 6.07) is 1.62. The molecule has 2 aromatic rings. The molecule has 0 aromatic heterocycles. The maximum Gasteiger partial charge on any atom is 0.573 e. The molecule has 2 aromatic carbocycles. The Kier molecular flexibility index (Phi) is 12.1. The quantitative estimate of drug-likeness (QED) is 0.345. The minimum Gasteiger partial charge on any atom is -0.403 e. The van der Waals surface area contributed by atoms with Gasteiger partial charge in [-0.1, -0.05) is 49.2 Å². The lowest BCUT2D eigenvalue weighted by Crippen LogP contribution is -2.76. The second-order valence-electron chi connectivity index (χ2n) is 14.0. The number of likely N-dealkylation sites (tertiary alicyclic amines) is 1. The van der Waals surface area contributed by atoms with Gasteiger partial charge in [-0.25, -0.2) is 12.8 Å². The van der Waals surface area contributed by atoms with Crippen molar-refractivity contribution in [2.24, 2.45) is 11.7 Å². The van der Waals surface area contributed by atoms with Crippen LogP contribution < -0.4 is 15.8 Å².